The molecule has 0 aromatic carbocycles. The van der Waals surface area contributed by atoms with Crippen LogP contribution in [0.3, 0.4) is 0 Å². The zero-order valence-corrected chi connectivity index (χ0v) is 8.44. The summed E-state index contributed by atoms with van der Waals surface area (Å²) in [4.78, 5) is 4.06. The van der Waals surface area contributed by atoms with E-state index >= 15 is 0 Å². The van der Waals surface area contributed by atoms with Crippen molar-refractivity contribution in [2.24, 2.45) is 0 Å². The van der Waals surface area contributed by atoms with Crippen LogP contribution in [-0.2, 0) is 0 Å². The van der Waals surface area contributed by atoms with E-state index in [1.54, 1.807) is 6.20 Å². The van der Waals surface area contributed by atoms with Crippen LogP contribution < -0.4 is 10.1 Å². The Morgan fingerprint density at radius 1 is 1.67 bits per heavy atom. The predicted octanol–water partition coefficient (Wildman–Crippen LogP) is 2.30. The van der Waals surface area contributed by atoms with Gasteiger partial charge < -0.3 is 10.1 Å². The predicted molar refractivity (Wildman–Crippen MR) is 50.9 cm³/mol. The molecule has 1 N–H and O–H groups in total. The van der Waals surface area contributed by atoms with Gasteiger partial charge in [0.15, 0.2) is 0 Å². The number of fused-ring (bicyclic) bond motifs is 1. The molecule has 1 aliphatic heterocycles. The molecule has 12 heavy (non-hydrogen) atoms. The first-order valence-corrected chi connectivity index (χ1v) is 4.67. The summed E-state index contributed by atoms with van der Waals surface area (Å²) in [5.74, 6) is 0.578. The van der Waals surface area contributed by atoms with Gasteiger partial charge in [0.05, 0.1) is 9.50 Å². The number of hydrogen-bond donors (Lipinski definition) is 1. The van der Waals surface area contributed by atoms with E-state index in [1.165, 1.54) is 0 Å². The van der Waals surface area contributed by atoms with Crippen LogP contribution in [0.15, 0.2) is 10.7 Å². The average Bonchev–Trinajstić information content (AvgIpc) is 2.12. The van der Waals surface area contributed by atoms with E-state index in [-0.39, 0.29) is 0 Å². The Morgan fingerprint density at radius 2 is 2.50 bits per heavy atom. The fourth-order valence-electron chi connectivity index (χ4n) is 1.04. The highest BCUT2D eigenvalue weighted by atomic mass is 79.9. The number of nitrogens with zero attached hydrogens (tertiary/aromatic N) is 1. The van der Waals surface area contributed by atoms with Crippen LogP contribution in [0, 0.1) is 0 Å². The van der Waals surface area contributed by atoms with Gasteiger partial charge >= 0.3 is 0 Å². The summed E-state index contributed by atoms with van der Waals surface area (Å²) in [5.41, 5.74) is 0.775. The average molecular weight is 249 g/mol. The quantitative estimate of drug-likeness (QED) is 0.766. The third kappa shape index (κ3) is 1.25. The van der Waals surface area contributed by atoms with E-state index in [4.69, 9.17) is 16.3 Å². The molecule has 0 spiro atoms. The van der Waals surface area contributed by atoms with Crippen molar-refractivity contribution in [3.63, 3.8) is 0 Å². The van der Waals surface area contributed by atoms with Crippen molar-refractivity contribution in [3.05, 3.63) is 15.7 Å². The third-order valence-electron chi connectivity index (χ3n) is 1.58. The summed E-state index contributed by atoms with van der Waals surface area (Å²) in [7, 11) is 0. The number of nitrogens with one attached hydrogen (secondary N) is 1. The minimum absolute atomic E-state index is 0.578. The molecule has 64 valence electrons. The van der Waals surface area contributed by atoms with Gasteiger partial charge in [0, 0.05) is 12.7 Å². The molecule has 3 nitrogen and oxygen atoms in total. The zero-order chi connectivity index (χ0) is 8.55. The van der Waals surface area contributed by atoms with Gasteiger partial charge in [-0.15, -0.1) is 0 Å². The van der Waals surface area contributed by atoms with Crippen LogP contribution in [0.2, 0.25) is 5.02 Å². The van der Waals surface area contributed by atoms with Crippen LogP contribution in [-0.4, -0.2) is 18.1 Å². The molecule has 0 saturated carbocycles. The molecule has 0 radical (unpaired) electrons. The smallest absolute Gasteiger partial charge is 0.239 e. The van der Waals surface area contributed by atoms with Crippen molar-refractivity contribution in [1.82, 2.24) is 4.98 Å². The van der Waals surface area contributed by atoms with E-state index < -0.39 is 0 Å². The minimum Gasteiger partial charge on any atom is -0.474 e. The fourth-order valence-corrected chi connectivity index (χ4v) is 1.53. The van der Waals surface area contributed by atoms with Gasteiger partial charge in [0.1, 0.15) is 12.3 Å². The normalized spacial score (nSPS) is 14.5. The summed E-state index contributed by atoms with van der Waals surface area (Å²) in [6, 6.07) is 0. The maximum absolute atomic E-state index is 5.98. The molecule has 0 amide bonds. The lowest BCUT2D eigenvalue weighted by Crippen LogP contribution is -2.19. The Kier molecular flexibility index (Phi) is 2.11. The number of rotatable bonds is 0. The van der Waals surface area contributed by atoms with E-state index in [1.807, 2.05) is 0 Å². The van der Waals surface area contributed by atoms with Gasteiger partial charge in [-0.05, 0) is 15.9 Å². The summed E-state index contributed by atoms with van der Waals surface area (Å²) in [6.45, 7) is 1.41. The molecule has 1 aliphatic rings. The van der Waals surface area contributed by atoms with Gasteiger partial charge in [-0.3, -0.25) is 0 Å². The molecular formula is C7H6BrClN2O. The van der Waals surface area contributed by atoms with Crippen molar-refractivity contribution < 1.29 is 4.74 Å². The highest BCUT2D eigenvalue weighted by Gasteiger charge is 2.16. The Labute approximate surface area is 83.2 Å². The summed E-state index contributed by atoms with van der Waals surface area (Å²) in [5, 5.41) is 3.75. The second-order valence-corrected chi connectivity index (χ2v) is 3.61. The maximum atomic E-state index is 5.98. The number of anilines is 1. The first-order chi connectivity index (χ1) is 5.79. The van der Waals surface area contributed by atoms with Gasteiger partial charge in [0.2, 0.25) is 5.88 Å². The Bertz CT molecular complexity index is 319. The van der Waals surface area contributed by atoms with Crippen LogP contribution in [0.4, 0.5) is 5.69 Å². The molecule has 0 unspecified atom stereocenters. The first kappa shape index (κ1) is 8.13. The summed E-state index contributed by atoms with van der Waals surface area (Å²) < 4.78 is 6.06. The van der Waals surface area contributed by atoms with Crippen molar-refractivity contribution in [2.45, 2.75) is 0 Å². The monoisotopic (exact) mass is 248 g/mol. The number of hydrogen-bond acceptors (Lipinski definition) is 3. The Balaban J connectivity index is 2.54. The van der Waals surface area contributed by atoms with E-state index in [0.29, 0.717) is 17.5 Å². The van der Waals surface area contributed by atoms with Crippen molar-refractivity contribution in [3.8, 4) is 5.88 Å². The number of halogens is 2. The van der Waals surface area contributed by atoms with E-state index in [0.717, 1.165) is 16.7 Å². The van der Waals surface area contributed by atoms with Gasteiger partial charge in [-0.2, -0.15) is 0 Å². The van der Waals surface area contributed by atoms with Crippen LogP contribution in [0.1, 0.15) is 0 Å². The highest BCUT2D eigenvalue weighted by Crippen LogP contribution is 2.36. The molecule has 0 atom stereocenters. The van der Waals surface area contributed by atoms with Gasteiger partial charge in [-0.1, -0.05) is 11.6 Å². The zero-order valence-electron chi connectivity index (χ0n) is 6.10. The Morgan fingerprint density at radius 3 is 3.33 bits per heavy atom. The molecule has 0 saturated heterocycles. The largest absolute Gasteiger partial charge is 0.474 e. The SMILES string of the molecule is Clc1c(Br)cnc2c1NCCO2. The topological polar surface area (TPSA) is 34.2 Å². The molecule has 1 aromatic heterocycles. The number of pyridine rings is 1. The molecule has 2 rings (SSSR count). The highest BCUT2D eigenvalue weighted by molar-refractivity contribution is 9.10. The number of ether oxygens (including phenoxy) is 1. The fraction of sp³-hybridized carbons (Fsp3) is 0.286. The lowest BCUT2D eigenvalue weighted by molar-refractivity contribution is 0.310. The second kappa shape index (κ2) is 3.11. The number of aromatic nitrogens is 1. The molecule has 2 heterocycles. The molecular weight excluding hydrogens is 243 g/mol. The van der Waals surface area contributed by atoms with Crippen molar-refractivity contribution in [2.75, 3.05) is 18.5 Å². The minimum atomic E-state index is 0.578. The summed E-state index contributed by atoms with van der Waals surface area (Å²) >= 11 is 9.27. The van der Waals surface area contributed by atoms with Crippen molar-refractivity contribution >= 4 is 33.2 Å². The molecule has 5 heteroatoms. The van der Waals surface area contributed by atoms with Gasteiger partial charge in [-0.25, -0.2) is 4.98 Å². The van der Waals surface area contributed by atoms with Crippen LogP contribution in [0.5, 0.6) is 5.88 Å². The molecule has 0 aliphatic carbocycles. The van der Waals surface area contributed by atoms with Crippen LogP contribution in [0.25, 0.3) is 0 Å². The first-order valence-electron chi connectivity index (χ1n) is 3.49. The third-order valence-corrected chi connectivity index (χ3v) is 2.80. The maximum Gasteiger partial charge on any atom is 0.239 e. The molecule has 0 bridgehead atoms. The summed E-state index contributed by atoms with van der Waals surface area (Å²) in [6.07, 6.45) is 1.63. The second-order valence-electron chi connectivity index (χ2n) is 2.38. The molecule has 1 aromatic rings. The lowest BCUT2D eigenvalue weighted by Gasteiger charge is -2.18. The van der Waals surface area contributed by atoms with Crippen LogP contribution >= 0.6 is 27.5 Å². The molecule has 0 fully saturated rings. The standard InChI is InChI=1S/C7H6BrClN2O/c8-4-3-11-7-6(5(4)9)10-1-2-12-7/h3,10H,1-2H2. The lowest BCUT2D eigenvalue weighted by atomic mass is 10.3. The van der Waals surface area contributed by atoms with E-state index in [9.17, 15) is 0 Å². The Hall–Kier alpha value is -0.480. The van der Waals surface area contributed by atoms with E-state index in [2.05, 4.69) is 26.2 Å². The van der Waals surface area contributed by atoms with Gasteiger partial charge in [0.25, 0.3) is 0 Å². The van der Waals surface area contributed by atoms with Crippen molar-refractivity contribution in [1.29, 1.82) is 0 Å².